The standard InChI is InChI=1S/C23H26N2O4S2/c1-4-28-18-9-6-16(7-10-18)14-21(26)24-23-25(12-13-30-3)19-11-8-17(15-20(19)31-23)22(27)29-5-2/h6-11,15H,4-5,12-14H2,1-3H3. The molecule has 6 nitrogen and oxygen atoms in total. The van der Waals surface area contributed by atoms with Gasteiger partial charge in [0.15, 0.2) is 4.80 Å². The molecule has 0 saturated heterocycles. The van der Waals surface area contributed by atoms with Crippen molar-refractivity contribution in [3.63, 3.8) is 0 Å². The van der Waals surface area contributed by atoms with Crippen LogP contribution in [0.3, 0.4) is 0 Å². The molecule has 1 aromatic heterocycles. The molecule has 2 aromatic carbocycles. The zero-order chi connectivity index (χ0) is 22.2. The van der Waals surface area contributed by atoms with E-state index in [1.807, 2.05) is 54.1 Å². The van der Waals surface area contributed by atoms with Gasteiger partial charge in [-0.2, -0.15) is 16.8 Å². The van der Waals surface area contributed by atoms with Crippen molar-refractivity contribution in [2.45, 2.75) is 26.8 Å². The summed E-state index contributed by atoms with van der Waals surface area (Å²) < 4.78 is 13.5. The molecule has 0 unspecified atom stereocenters. The van der Waals surface area contributed by atoms with Gasteiger partial charge in [0.05, 0.1) is 35.4 Å². The molecule has 31 heavy (non-hydrogen) atoms. The maximum absolute atomic E-state index is 12.7. The summed E-state index contributed by atoms with van der Waals surface area (Å²) in [4.78, 5) is 29.8. The highest BCUT2D eigenvalue weighted by molar-refractivity contribution is 7.98. The Morgan fingerprint density at radius 1 is 1.10 bits per heavy atom. The summed E-state index contributed by atoms with van der Waals surface area (Å²) in [6.45, 7) is 5.38. The first-order chi connectivity index (χ1) is 15.0. The Balaban J connectivity index is 1.91. The Kier molecular flexibility index (Phi) is 8.31. The van der Waals surface area contributed by atoms with Crippen LogP contribution >= 0.6 is 23.1 Å². The minimum Gasteiger partial charge on any atom is -0.494 e. The lowest BCUT2D eigenvalue weighted by Crippen LogP contribution is -2.18. The minimum absolute atomic E-state index is 0.209. The summed E-state index contributed by atoms with van der Waals surface area (Å²) in [5.41, 5.74) is 2.35. The summed E-state index contributed by atoms with van der Waals surface area (Å²) >= 11 is 3.14. The van der Waals surface area contributed by atoms with E-state index in [4.69, 9.17) is 9.47 Å². The predicted molar refractivity (Wildman–Crippen MR) is 126 cm³/mol. The largest absolute Gasteiger partial charge is 0.494 e. The van der Waals surface area contributed by atoms with Gasteiger partial charge in [-0.15, -0.1) is 0 Å². The topological polar surface area (TPSA) is 69.9 Å². The maximum Gasteiger partial charge on any atom is 0.338 e. The third-order valence-corrected chi connectivity index (χ3v) is 6.15. The van der Waals surface area contributed by atoms with Gasteiger partial charge in [-0.05, 0) is 56.0 Å². The first-order valence-electron chi connectivity index (χ1n) is 10.1. The van der Waals surface area contributed by atoms with Crippen molar-refractivity contribution in [1.29, 1.82) is 0 Å². The van der Waals surface area contributed by atoms with E-state index < -0.39 is 0 Å². The lowest BCUT2D eigenvalue weighted by atomic mass is 10.1. The first kappa shape index (κ1) is 23.1. The van der Waals surface area contributed by atoms with E-state index in [0.29, 0.717) is 23.6 Å². The van der Waals surface area contributed by atoms with E-state index in [1.54, 1.807) is 24.8 Å². The van der Waals surface area contributed by atoms with Crippen LogP contribution in [0.4, 0.5) is 0 Å². The molecule has 0 aliphatic carbocycles. The lowest BCUT2D eigenvalue weighted by molar-refractivity contribution is -0.117. The van der Waals surface area contributed by atoms with Crippen LogP contribution in [0.25, 0.3) is 10.2 Å². The van der Waals surface area contributed by atoms with Crippen LogP contribution in [0.15, 0.2) is 47.5 Å². The van der Waals surface area contributed by atoms with Gasteiger partial charge >= 0.3 is 5.97 Å². The predicted octanol–water partition coefficient (Wildman–Crippen LogP) is 4.31. The molecule has 164 valence electrons. The van der Waals surface area contributed by atoms with Gasteiger partial charge in [0.2, 0.25) is 0 Å². The highest BCUT2D eigenvalue weighted by Gasteiger charge is 2.13. The van der Waals surface area contributed by atoms with Crippen LogP contribution < -0.4 is 9.54 Å². The SMILES string of the molecule is CCOC(=O)c1ccc2c(c1)sc(=NC(=O)Cc1ccc(OCC)cc1)n2CCSC. The molecule has 3 aromatic rings. The van der Waals surface area contributed by atoms with Crippen molar-refractivity contribution in [1.82, 2.24) is 4.57 Å². The molecule has 0 N–H and O–H groups in total. The number of thiazole rings is 1. The van der Waals surface area contributed by atoms with E-state index in [0.717, 1.165) is 33.8 Å². The van der Waals surface area contributed by atoms with Crippen molar-refractivity contribution in [2.75, 3.05) is 25.2 Å². The Morgan fingerprint density at radius 2 is 1.87 bits per heavy atom. The number of carbonyl (C=O) groups excluding carboxylic acids is 2. The van der Waals surface area contributed by atoms with Crippen molar-refractivity contribution < 1.29 is 19.1 Å². The van der Waals surface area contributed by atoms with Crippen molar-refractivity contribution in [2.24, 2.45) is 4.99 Å². The highest BCUT2D eigenvalue weighted by Crippen LogP contribution is 2.20. The molecule has 0 saturated carbocycles. The third-order valence-electron chi connectivity index (χ3n) is 4.52. The molecular formula is C23H26N2O4S2. The number of amides is 1. The molecule has 8 heteroatoms. The summed E-state index contributed by atoms with van der Waals surface area (Å²) in [5, 5.41) is 0. The van der Waals surface area contributed by atoms with E-state index in [1.165, 1.54) is 11.3 Å². The van der Waals surface area contributed by atoms with Gasteiger partial charge in [-0.3, -0.25) is 4.79 Å². The van der Waals surface area contributed by atoms with Gasteiger partial charge in [0.25, 0.3) is 5.91 Å². The molecule has 0 radical (unpaired) electrons. The molecular weight excluding hydrogens is 432 g/mol. The Morgan fingerprint density at radius 3 is 2.55 bits per heavy atom. The second-order valence-electron chi connectivity index (χ2n) is 6.69. The molecule has 1 amide bonds. The number of fused-ring (bicyclic) bond motifs is 1. The fraction of sp³-hybridized carbons (Fsp3) is 0.348. The quantitative estimate of drug-likeness (QED) is 0.447. The zero-order valence-electron chi connectivity index (χ0n) is 17.9. The number of hydrogen-bond acceptors (Lipinski definition) is 6. The molecule has 0 atom stereocenters. The molecule has 0 spiro atoms. The van der Waals surface area contributed by atoms with Crippen molar-refractivity contribution in [3.05, 3.63) is 58.4 Å². The molecule has 0 aliphatic rings. The monoisotopic (exact) mass is 458 g/mol. The fourth-order valence-corrected chi connectivity index (χ4v) is 4.57. The van der Waals surface area contributed by atoms with Gasteiger partial charge in [-0.1, -0.05) is 23.5 Å². The minimum atomic E-state index is -0.349. The normalized spacial score (nSPS) is 11.6. The number of nitrogens with zero attached hydrogens (tertiary/aromatic N) is 2. The van der Waals surface area contributed by atoms with E-state index >= 15 is 0 Å². The fourth-order valence-electron chi connectivity index (χ4n) is 3.09. The van der Waals surface area contributed by atoms with Crippen LogP contribution in [-0.4, -0.2) is 41.7 Å². The number of carbonyl (C=O) groups is 2. The van der Waals surface area contributed by atoms with Crippen LogP contribution in [0.1, 0.15) is 29.8 Å². The van der Waals surface area contributed by atoms with E-state index in [-0.39, 0.29) is 18.3 Å². The van der Waals surface area contributed by atoms with Gasteiger partial charge in [0, 0.05) is 12.3 Å². The molecule has 0 fully saturated rings. The maximum atomic E-state index is 12.7. The zero-order valence-corrected chi connectivity index (χ0v) is 19.6. The molecule has 3 rings (SSSR count). The number of hydrogen-bond donors (Lipinski definition) is 0. The number of benzene rings is 2. The Hall–Kier alpha value is -2.58. The second kappa shape index (κ2) is 11.2. The van der Waals surface area contributed by atoms with E-state index in [2.05, 4.69) is 4.99 Å². The van der Waals surface area contributed by atoms with E-state index in [9.17, 15) is 9.59 Å². The van der Waals surface area contributed by atoms with Crippen molar-refractivity contribution >= 4 is 45.2 Å². The summed E-state index contributed by atoms with van der Waals surface area (Å²) in [7, 11) is 0. The van der Waals surface area contributed by atoms with Gasteiger partial charge < -0.3 is 14.0 Å². The molecule has 1 heterocycles. The van der Waals surface area contributed by atoms with Crippen LogP contribution in [0.2, 0.25) is 0 Å². The number of aryl methyl sites for hydroxylation is 1. The number of esters is 1. The summed E-state index contributed by atoms with van der Waals surface area (Å²) in [5.74, 6) is 1.12. The number of aromatic nitrogens is 1. The number of rotatable bonds is 9. The highest BCUT2D eigenvalue weighted by atomic mass is 32.2. The average Bonchev–Trinajstić information content (AvgIpc) is 3.09. The number of thioether (sulfide) groups is 1. The summed E-state index contributed by atoms with van der Waals surface area (Å²) in [6.07, 6.45) is 2.26. The number of ether oxygens (including phenoxy) is 2. The van der Waals surface area contributed by atoms with Crippen molar-refractivity contribution in [3.8, 4) is 5.75 Å². The first-order valence-corrected chi connectivity index (χ1v) is 12.4. The third kappa shape index (κ3) is 5.98. The molecule has 0 aliphatic heterocycles. The Bertz CT molecular complexity index is 1120. The average molecular weight is 459 g/mol. The van der Waals surface area contributed by atoms with Crippen LogP contribution in [0, 0.1) is 0 Å². The Labute approximate surface area is 189 Å². The van der Waals surface area contributed by atoms with Crippen LogP contribution in [0.5, 0.6) is 5.75 Å². The summed E-state index contributed by atoms with van der Waals surface area (Å²) in [6, 6.07) is 13.0. The smallest absolute Gasteiger partial charge is 0.338 e. The second-order valence-corrected chi connectivity index (χ2v) is 8.69. The van der Waals surface area contributed by atoms with Gasteiger partial charge in [-0.25, -0.2) is 4.79 Å². The lowest BCUT2D eigenvalue weighted by Gasteiger charge is -2.05. The van der Waals surface area contributed by atoms with Gasteiger partial charge in [0.1, 0.15) is 5.75 Å². The molecule has 0 bridgehead atoms. The van der Waals surface area contributed by atoms with Crippen LogP contribution in [-0.2, 0) is 22.5 Å².